The van der Waals surface area contributed by atoms with E-state index in [1.54, 1.807) is 54.7 Å². The Kier molecular flexibility index (Phi) is 18.2. The lowest BCUT2D eigenvalue weighted by atomic mass is 9.84. The largest absolute Gasteiger partial charge is 0.493 e. The zero-order chi connectivity index (χ0) is 54.4. The quantitative estimate of drug-likeness (QED) is 0.0189. The number of carbonyl (C=O) groups excluding carboxylic acids is 3. The number of ether oxygens (including phenoxy) is 5. The van der Waals surface area contributed by atoms with Crippen LogP contribution in [0, 0.1) is 26.2 Å². The van der Waals surface area contributed by atoms with E-state index in [0.29, 0.717) is 69.3 Å². The highest BCUT2D eigenvalue weighted by Gasteiger charge is 2.37. The van der Waals surface area contributed by atoms with Crippen molar-refractivity contribution in [2.45, 2.75) is 79.6 Å². The van der Waals surface area contributed by atoms with Crippen molar-refractivity contribution in [2.75, 3.05) is 43.1 Å². The summed E-state index contributed by atoms with van der Waals surface area (Å²) in [6, 6.07) is 45.1. The van der Waals surface area contributed by atoms with Gasteiger partial charge in [-0.05, 0) is 154 Å². The molecule has 0 bridgehead atoms. The first-order chi connectivity index (χ1) is 38.0. The van der Waals surface area contributed by atoms with Gasteiger partial charge in [-0.2, -0.15) is 15.2 Å². The minimum Gasteiger partial charge on any atom is -0.493 e. The Hall–Kier alpha value is -8.04. The van der Waals surface area contributed by atoms with Gasteiger partial charge < -0.3 is 23.7 Å². The second-order valence-electron chi connectivity index (χ2n) is 19.7. The van der Waals surface area contributed by atoms with Crippen molar-refractivity contribution < 1.29 is 38.1 Å². The van der Waals surface area contributed by atoms with Crippen molar-refractivity contribution in [3.05, 3.63) is 185 Å². The number of amides is 1. The maximum Gasteiger partial charge on any atom is 0.344 e. The number of carbonyl (C=O) groups is 3. The summed E-state index contributed by atoms with van der Waals surface area (Å²) in [5, 5.41) is 15.0. The predicted molar refractivity (Wildman–Crippen MR) is 312 cm³/mol. The van der Waals surface area contributed by atoms with Crippen LogP contribution >= 0.6 is 11.3 Å². The van der Waals surface area contributed by atoms with Gasteiger partial charge in [0.05, 0.1) is 71.6 Å². The highest BCUT2D eigenvalue weighted by molar-refractivity contribution is 7.22. The molecule has 13 nitrogen and oxygen atoms in total. The van der Waals surface area contributed by atoms with Crippen LogP contribution < -0.4 is 24.2 Å². The van der Waals surface area contributed by atoms with E-state index in [1.807, 2.05) is 136 Å². The molecule has 0 unspecified atom stereocenters. The van der Waals surface area contributed by atoms with E-state index in [9.17, 15) is 14.4 Å². The Morgan fingerprint density at radius 1 is 0.667 bits per heavy atom. The number of nitrogens with zero attached hydrogens (tertiary/aromatic N) is 5. The number of para-hydroxylation sites is 3. The van der Waals surface area contributed by atoms with Crippen molar-refractivity contribution in [3.63, 3.8) is 0 Å². The summed E-state index contributed by atoms with van der Waals surface area (Å²) >= 11 is 1.39. The number of anilines is 3. The number of thiazole rings is 1. The normalized spacial score (nSPS) is 13.0. The van der Waals surface area contributed by atoms with Crippen molar-refractivity contribution >= 4 is 79.1 Å². The zero-order valence-electron chi connectivity index (χ0n) is 44.9. The van der Waals surface area contributed by atoms with Gasteiger partial charge in [0.2, 0.25) is 11.0 Å². The van der Waals surface area contributed by atoms with Crippen LogP contribution in [0.1, 0.15) is 107 Å². The van der Waals surface area contributed by atoms with Gasteiger partial charge in [-0.1, -0.05) is 104 Å². The third-order valence-corrected chi connectivity index (χ3v) is 14.8. The van der Waals surface area contributed by atoms with Crippen molar-refractivity contribution in [1.29, 1.82) is 0 Å². The van der Waals surface area contributed by atoms with E-state index < -0.39 is 11.9 Å². The van der Waals surface area contributed by atoms with Crippen LogP contribution in [0.5, 0.6) is 17.2 Å². The van der Waals surface area contributed by atoms with Gasteiger partial charge >= 0.3 is 11.9 Å². The van der Waals surface area contributed by atoms with Gasteiger partial charge in [-0.25, -0.2) is 19.6 Å². The molecule has 14 heteroatoms. The summed E-state index contributed by atoms with van der Waals surface area (Å²) in [5.41, 5.74) is 6.59. The molecule has 0 atom stereocenters. The molecule has 1 fully saturated rings. The molecule has 9 rings (SSSR count). The van der Waals surface area contributed by atoms with E-state index in [1.165, 1.54) is 16.3 Å². The number of aryl methyl sites for hydroxylation is 3. The maximum absolute atomic E-state index is 14.7. The van der Waals surface area contributed by atoms with Gasteiger partial charge in [0, 0.05) is 29.6 Å². The van der Waals surface area contributed by atoms with Crippen molar-refractivity contribution in [2.24, 2.45) is 15.6 Å². The van der Waals surface area contributed by atoms with Gasteiger partial charge in [-0.15, -0.1) is 0 Å². The Morgan fingerprint density at radius 3 is 1.96 bits per heavy atom. The Morgan fingerprint density at radius 2 is 1.29 bits per heavy atom. The molecule has 2 heterocycles. The first-order valence-electron chi connectivity index (χ1n) is 26.7. The molecule has 0 radical (unpaired) electrons. The third kappa shape index (κ3) is 13.2. The second kappa shape index (κ2) is 25.9. The van der Waals surface area contributed by atoms with Crippen LogP contribution in [-0.2, 0) is 14.3 Å². The van der Waals surface area contributed by atoms with Crippen molar-refractivity contribution in [3.8, 4) is 17.2 Å². The number of hydrogen-bond acceptors (Lipinski definition) is 13. The highest BCUT2D eigenvalue weighted by atomic mass is 32.1. The minimum absolute atomic E-state index is 0.167. The number of hydrogen-bond donors (Lipinski definition) is 0. The molecule has 1 aliphatic rings. The minimum atomic E-state index is -0.645. The molecular formula is C64H65N5O8S. The Balaban J connectivity index is 1.07. The van der Waals surface area contributed by atoms with Crippen molar-refractivity contribution in [1.82, 2.24) is 4.98 Å². The first kappa shape index (κ1) is 54.7. The third-order valence-electron chi connectivity index (χ3n) is 13.8. The summed E-state index contributed by atoms with van der Waals surface area (Å²) < 4.78 is 31.0. The second-order valence-corrected chi connectivity index (χ2v) is 20.7. The van der Waals surface area contributed by atoms with E-state index in [0.717, 1.165) is 84.6 Å². The fraction of sp³-hybridized carbons (Fsp3) is 0.281. The van der Waals surface area contributed by atoms with E-state index >= 15 is 0 Å². The van der Waals surface area contributed by atoms with Gasteiger partial charge in [0.1, 0.15) is 17.2 Å². The highest BCUT2D eigenvalue weighted by Crippen LogP contribution is 2.35. The molecule has 78 heavy (non-hydrogen) atoms. The molecule has 0 saturated carbocycles. The first-order valence-corrected chi connectivity index (χ1v) is 27.5. The maximum atomic E-state index is 14.7. The van der Waals surface area contributed by atoms with Crippen LogP contribution in [0.25, 0.3) is 21.0 Å². The molecule has 1 amide bonds. The van der Waals surface area contributed by atoms with E-state index in [4.69, 9.17) is 38.9 Å². The molecular weight excluding hydrogens is 999 g/mol. The molecule has 7 aromatic carbocycles. The lowest BCUT2D eigenvalue weighted by Gasteiger charge is -2.40. The fourth-order valence-electron chi connectivity index (χ4n) is 9.18. The number of aromatic nitrogens is 1. The van der Waals surface area contributed by atoms with Gasteiger partial charge in [0.25, 0.3) is 0 Å². The Labute approximate surface area is 460 Å². The van der Waals surface area contributed by atoms with Crippen LogP contribution in [0.3, 0.4) is 0 Å². The van der Waals surface area contributed by atoms with E-state index in [2.05, 4.69) is 6.92 Å². The standard InChI is InChI=1S/C64H65N5O8S/c1-6-20-60(70)69(63-67-55-25-16-17-26-59(55)78-63)66-40-54-51-29-30-52(62(72)77-57-33-28-47(38-46(57)5)61(71)76-56-32-27-44(3)37-45(56)4)53(39-65-68(48-21-12-10-13-22-48)49-23-14-11-15-24-49)50(51)31-34-58(54)75-36-19-9-8-18-35-73-41-64(7-2)42-74-43-64/h10-17,21-34,37-40H,6-9,18-20,35-36,41-43H2,1-5H3/b65-39+,66-40+. The smallest absolute Gasteiger partial charge is 0.344 e. The molecule has 0 aliphatic carbocycles. The number of esters is 2. The summed E-state index contributed by atoms with van der Waals surface area (Å²) in [6.45, 7) is 13.2. The van der Waals surface area contributed by atoms with Gasteiger partial charge in [0.15, 0.2) is 0 Å². The topological polar surface area (TPSA) is 141 Å². The monoisotopic (exact) mass is 1060 g/mol. The summed E-state index contributed by atoms with van der Waals surface area (Å²) in [5.74, 6) is -0.0850. The summed E-state index contributed by atoms with van der Waals surface area (Å²) in [7, 11) is 0. The average molecular weight is 1060 g/mol. The van der Waals surface area contributed by atoms with Crippen LogP contribution in [0.15, 0.2) is 156 Å². The summed E-state index contributed by atoms with van der Waals surface area (Å²) in [6.07, 6.45) is 8.96. The van der Waals surface area contributed by atoms with Crippen LogP contribution in [0.2, 0.25) is 0 Å². The average Bonchev–Trinajstić information content (AvgIpc) is 3.96. The molecule has 8 aromatic rings. The zero-order valence-corrected chi connectivity index (χ0v) is 45.7. The molecule has 1 aliphatic heterocycles. The molecule has 400 valence electrons. The number of fused-ring (bicyclic) bond motifs is 2. The number of hydrazone groups is 2. The number of rotatable bonds is 24. The SMILES string of the molecule is CCCC(=O)N(/N=C/c1c(OCCCCCCOCC2(CC)COC2)ccc2c(/C=N/N(c3ccccc3)c3ccccc3)c(C(=O)Oc3ccc(C(=O)Oc4ccc(C)cc4C)cc3C)ccc12)c1nc2ccccc2s1. The Bertz CT molecular complexity index is 3370. The number of unbranched alkanes of at least 4 members (excludes halogenated alkanes) is 3. The fourth-order valence-corrected chi connectivity index (χ4v) is 10.1. The van der Waals surface area contributed by atoms with Crippen LogP contribution in [0.4, 0.5) is 16.5 Å². The lowest BCUT2D eigenvalue weighted by Crippen LogP contribution is -2.45. The summed E-state index contributed by atoms with van der Waals surface area (Å²) in [4.78, 5) is 46.8. The van der Waals surface area contributed by atoms with Gasteiger partial charge in [-0.3, -0.25) is 4.79 Å². The van der Waals surface area contributed by atoms with E-state index in [-0.39, 0.29) is 29.1 Å². The lowest BCUT2D eigenvalue weighted by molar-refractivity contribution is -0.150. The molecule has 1 aromatic heterocycles. The van der Waals surface area contributed by atoms with Crippen LogP contribution in [-0.4, -0.2) is 68.3 Å². The molecule has 1 saturated heterocycles. The predicted octanol–water partition coefficient (Wildman–Crippen LogP) is 14.5. The molecule has 0 N–H and O–H groups in total. The molecule has 0 spiro atoms. The number of benzene rings is 7.